The van der Waals surface area contributed by atoms with Gasteiger partial charge in [-0.05, 0) is 45.1 Å². The van der Waals surface area contributed by atoms with Gasteiger partial charge in [-0.25, -0.2) is 0 Å². The fourth-order valence-corrected chi connectivity index (χ4v) is 3.58. The molecule has 0 aromatic carbocycles. The minimum atomic E-state index is 0.270. The molecule has 0 aromatic rings. The van der Waals surface area contributed by atoms with Crippen LogP contribution in [0.1, 0.15) is 70.6 Å². The quantitative estimate of drug-likeness (QED) is 0.666. The SMILES string of the molecule is OCCCCCCNCC1CCC2(CCCCC2)O1. The largest absolute Gasteiger partial charge is 0.396 e. The fraction of sp³-hybridized carbons (Fsp3) is 1.00. The minimum Gasteiger partial charge on any atom is -0.396 e. The second-order valence-corrected chi connectivity index (χ2v) is 6.36. The molecule has 2 N–H and O–H groups in total. The summed E-state index contributed by atoms with van der Waals surface area (Å²) in [7, 11) is 0. The molecule has 1 aliphatic carbocycles. The highest BCUT2D eigenvalue weighted by atomic mass is 16.5. The molecule has 112 valence electrons. The molecule has 0 amide bonds. The van der Waals surface area contributed by atoms with Crippen LogP contribution in [0, 0.1) is 0 Å². The maximum Gasteiger partial charge on any atom is 0.0708 e. The van der Waals surface area contributed by atoms with E-state index in [4.69, 9.17) is 9.84 Å². The monoisotopic (exact) mass is 269 g/mol. The van der Waals surface area contributed by atoms with Gasteiger partial charge in [-0.1, -0.05) is 32.1 Å². The van der Waals surface area contributed by atoms with Crippen LogP contribution in [0.2, 0.25) is 0 Å². The number of rotatable bonds is 8. The Hall–Kier alpha value is -0.120. The Morgan fingerprint density at radius 2 is 1.79 bits per heavy atom. The first-order valence-corrected chi connectivity index (χ1v) is 8.34. The van der Waals surface area contributed by atoms with Crippen molar-refractivity contribution in [1.82, 2.24) is 5.32 Å². The molecule has 1 unspecified atom stereocenters. The van der Waals surface area contributed by atoms with Crippen molar-refractivity contribution >= 4 is 0 Å². The lowest BCUT2D eigenvalue weighted by Gasteiger charge is -2.33. The zero-order chi connectivity index (χ0) is 13.4. The number of aliphatic hydroxyl groups excluding tert-OH is 1. The van der Waals surface area contributed by atoms with E-state index in [9.17, 15) is 0 Å². The molecule has 1 spiro atoms. The smallest absolute Gasteiger partial charge is 0.0708 e. The lowest BCUT2D eigenvalue weighted by atomic mass is 9.83. The van der Waals surface area contributed by atoms with Crippen LogP contribution in [0.5, 0.6) is 0 Å². The number of aliphatic hydroxyl groups is 1. The summed E-state index contributed by atoms with van der Waals surface area (Å²) >= 11 is 0. The van der Waals surface area contributed by atoms with E-state index >= 15 is 0 Å². The maximum absolute atomic E-state index is 8.70. The summed E-state index contributed by atoms with van der Waals surface area (Å²) in [6.07, 6.45) is 14.3. The molecule has 1 saturated heterocycles. The van der Waals surface area contributed by atoms with Crippen LogP contribution in [0.15, 0.2) is 0 Å². The Morgan fingerprint density at radius 1 is 1.00 bits per heavy atom. The van der Waals surface area contributed by atoms with Crippen LogP contribution in [-0.2, 0) is 4.74 Å². The van der Waals surface area contributed by atoms with E-state index in [1.165, 1.54) is 57.8 Å². The number of ether oxygens (including phenoxy) is 1. The van der Waals surface area contributed by atoms with Crippen molar-refractivity contribution in [2.24, 2.45) is 0 Å². The molecule has 2 fully saturated rings. The topological polar surface area (TPSA) is 41.5 Å². The molecule has 0 bridgehead atoms. The third kappa shape index (κ3) is 5.05. The molecule has 3 heteroatoms. The maximum atomic E-state index is 8.70. The van der Waals surface area contributed by atoms with Crippen molar-refractivity contribution in [3.63, 3.8) is 0 Å². The third-order valence-electron chi connectivity index (χ3n) is 4.74. The Kier molecular flexibility index (Phi) is 6.62. The van der Waals surface area contributed by atoms with Crippen molar-refractivity contribution in [2.45, 2.75) is 82.3 Å². The second-order valence-electron chi connectivity index (χ2n) is 6.36. The summed E-state index contributed by atoms with van der Waals surface area (Å²) in [5.41, 5.74) is 0.270. The van der Waals surface area contributed by atoms with Crippen molar-refractivity contribution in [2.75, 3.05) is 19.7 Å². The lowest BCUT2D eigenvalue weighted by Crippen LogP contribution is -2.34. The van der Waals surface area contributed by atoms with Gasteiger partial charge >= 0.3 is 0 Å². The van der Waals surface area contributed by atoms with Gasteiger partial charge in [-0.15, -0.1) is 0 Å². The van der Waals surface area contributed by atoms with Crippen LogP contribution in [-0.4, -0.2) is 36.5 Å². The highest BCUT2D eigenvalue weighted by molar-refractivity contribution is 4.91. The van der Waals surface area contributed by atoms with Crippen LogP contribution in [0.4, 0.5) is 0 Å². The van der Waals surface area contributed by atoms with Gasteiger partial charge in [0.05, 0.1) is 11.7 Å². The Morgan fingerprint density at radius 3 is 2.58 bits per heavy atom. The summed E-state index contributed by atoms with van der Waals surface area (Å²) in [6, 6.07) is 0. The Balaban J connectivity index is 1.51. The van der Waals surface area contributed by atoms with Gasteiger partial charge < -0.3 is 15.2 Å². The van der Waals surface area contributed by atoms with Crippen LogP contribution in [0.3, 0.4) is 0 Å². The molecule has 0 radical (unpaired) electrons. The molecule has 1 atom stereocenters. The molecule has 19 heavy (non-hydrogen) atoms. The highest BCUT2D eigenvalue weighted by Crippen LogP contribution is 2.41. The summed E-state index contributed by atoms with van der Waals surface area (Å²) < 4.78 is 6.34. The van der Waals surface area contributed by atoms with Crippen molar-refractivity contribution < 1.29 is 9.84 Å². The Bertz CT molecular complexity index is 239. The fourth-order valence-electron chi connectivity index (χ4n) is 3.58. The predicted molar refractivity (Wildman–Crippen MR) is 78.3 cm³/mol. The minimum absolute atomic E-state index is 0.270. The summed E-state index contributed by atoms with van der Waals surface area (Å²) in [5.74, 6) is 0. The molecule has 0 aromatic heterocycles. The van der Waals surface area contributed by atoms with Crippen molar-refractivity contribution in [3.05, 3.63) is 0 Å². The number of hydrogen-bond donors (Lipinski definition) is 2. The average molecular weight is 269 g/mol. The zero-order valence-electron chi connectivity index (χ0n) is 12.3. The van der Waals surface area contributed by atoms with Gasteiger partial charge in [0.15, 0.2) is 0 Å². The van der Waals surface area contributed by atoms with Gasteiger partial charge in [-0.3, -0.25) is 0 Å². The van der Waals surface area contributed by atoms with E-state index in [0.717, 1.165) is 25.9 Å². The van der Waals surface area contributed by atoms with Crippen LogP contribution < -0.4 is 5.32 Å². The Labute approximate surface area is 118 Å². The molecule has 1 heterocycles. The molecule has 2 rings (SSSR count). The molecule has 1 aliphatic heterocycles. The first kappa shape index (κ1) is 15.3. The number of nitrogens with one attached hydrogen (secondary N) is 1. The van der Waals surface area contributed by atoms with E-state index in [0.29, 0.717) is 12.7 Å². The first-order valence-electron chi connectivity index (χ1n) is 8.34. The van der Waals surface area contributed by atoms with Crippen LogP contribution in [0.25, 0.3) is 0 Å². The average Bonchev–Trinajstić information content (AvgIpc) is 2.81. The van der Waals surface area contributed by atoms with Gasteiger partial charge in [0.2, 0.25) is 0 Å². The second kappa shape index (κ2) is 8.23. The molecular formula is C16H31NO2. The lowest BCUT2D eigenvalue weighted by molar-refractivity contribution is -0.0623. The standard InChI is InChI=1S/C16H31NO2/c18-13-7-2-1-6-12-17-14-15-8-11-16(19-15)9-4-3-5-10-16/h15,17-18H,1-14H2. The zero-order valence-corrected chi connectivity index (χ0v) is 12.3. The summed E-state index contributed by atoms with van der Waals surface area (Å²) in [5, 5.41) is 12.2. The molecule has 3 nitrogen and oxygen atoms in total. The van der Waals surface area contributed by atoms with Crippen molar-refractivity contribution in [3.8, 4) is 0 Å². The van der Waals surface area contributed by atoms with Crippen molar-refractivity contribution in [1.29, 1.82) is 0 Å². The van der Waals surface area contributed by atoms with E-state index in [1.54, 1.807) is 0 Å². The first-order chi connectivity index (χ1) is 9.35. The predicted octanol–water partition coefficient (Wildman–Crippen LogP) is 3.01. The van der Waals surface area contributed by atoms with E-state index < -0.39 is 0 Å². The van der Waals surface area contributed by atoms with E-state index in [2.05, 4.69) is 5.32 Å². The van der Waals surface area contributed by atoms with Gasteiger partial charge in [-0.2, -0.15) is 0 Å². The third-order valence-corrected chi connectivity index (χ3v) is 4.74. The normalized spacial score (nSPS) is 26.1. The van der Waals surface area contributed by atoms with Crippen LogP contribution >= 0.6 is 0 Å². The number of unbranched alkanes of at least 4 members (excludes halogenated alkanes) is 3. The van der Waals surface area contributed by atoms with E-state index in [-0.39, 0.29) is 5.60 Å². The van der Waals surface area contributed by atoms with Gasteiger partial charge in [0.25, 0.3) is 0 Å². The molecule has 2 aliphatic rings. The summed E-state index contributed by atoms with van der Waals surface area (Å²) in [6.45, 7) is 2.46. The van der Waals surface area contributed by atoms with E-state index in [1.807, 2.05) is 0 Å². The van der Waals surface area contributed by atoms with Gasteiger partial charge in [0, 0.05) is 13.2 Å². The molecule has 1 saturated carbocycles. The molecular weight excluding hydrogens is 238 g/mol. The highest BCUT2D eigenvalue weighted by Gasteiger charge is 2.40. The van der Waals surface area contributed by atoms with Gasteiger partial charge in [0.1, 0.15) is 0 Å². The number of hydrogen-bond acceptors (Lipinski definition) is 3. The summed E-state index contributed by atoms with van der Waals surface area (Å²) in [4.78, 5) is 0.